The quantitative estimate of drug-likeness (QED) is 0.327. The highest BCUT2D eigenvalue weighted by Crippen LogP contribution is 2.49. The predicted molar refractivity (Wildman–Crippen MR) is 157 cm³/mol. The van der Waals surface area contributed by atoms with Crippen molar-refractivity contribution >= 4 is 15.7 Å². The Morgan fingerprint density at radius 3 is 2.27 bits per heavy atom. The predicted octanol–water partition coefficient (Wildman–Crippen LogP) is 4.87. The first-order valence-corrected chi connectivity index (χ1v) is 15.7. The van der Waals surface area contributed by atoms with Gasteiger partial charge in [0.25, 0.3) is 0 Å². The third kappa shape index (κ3) is 5.88. The van der Waals surface area contributed by atoms with Gasteiger partial charge in [0.1, 0.15) is 5.82 Å². The molecule has 0 amide bonds. The van der Waals surface area contributed by atoms with E-state index in [0.717, 1.165) is 38.4 Å². The van der Waals surface area contributed by atoms with Crippen LogP contribution in [0.1, 0.15) is 57.8 Å². The van der Waals surface area contributed by atoms with Gasteiger partial charge in [-0.15, -0.1) is 0 Å². The van der Waals surface area contributed by atoms with Gasteiger partial charge in [-0.25, -0.2) is 10.9 Å². The number of nitrogens with one attached hydrogen (secondary N) is 2. The first kappa shape index (κ1) is 32.1. The summed E-state index contributed by atoms with van der Waals surface area (Å²) in [4.78, 5) is 6.76. The van der Waals surface area contributed by atoms with Crippen LogP contribution in [0.2, 0.25) is 0 Å². The van der Waals surface area contributed by atoms with Crippen molar-refractivity contribution < 1.29 is 26.3 Å². The van der Waals surface area contributed by atoms with Gasteiger partial charge in [0.15, 0.2) is 0 Å². The summed E-state index contributed by atoms with van der Waals surface area (Å²) in [6, 6.07) is -0.0388. The van der Waals surface area contributed by atoms with Gasteiger partial charge in [-0.1, -0.05) is 32.3 Å². The van der Waals surface area contributed by atoms with E-state index >= 15 is 0 Å². The van der Waals surface area contributed by atoms with E-state index < -0.39 is 35.7 Å². The van der Waals surface area contributed by atoms with Gasteiger partial charge >= 0.3 is 12.4 Å². The Morgan fingerprint density at radius 2 is 1.66 bits per heavy atom. The number of alkyl halides is 6. The molecular weight excluding hydrogens is 580 g/mol. The fraction of sp³-hybridized carbons (Fsp3) is 0.733. The van der Waals surface area contributed by atoms with Crippen LogP contribution in [-0.4, -0.2) is 92.0 Å². The Labute approximate surface area is 258 Å². The lowest BCUT2D eigenvalue weighted by Crippen LogP contribution is -2.57. The molecule has 6 aliphatic rings. The van der Waals surface area contributed by atoms with E-state index in [0.29, 0.717) is 23.6 Å². The van der Waals surface area contributed by atoms with Crippen LogP contribution in [0.4, 0.5) is 26.3 Å². The molecule has 0 aromatic carbocycles. The van der Waals surface area contributed by atoms with Crippen LogP contribution in [0.3, 0.4) is 0 Å². The molecule has 44 heavy (non-hydrogen) atoms. The minimum absolute atomic E-state index is 0.0388. The van der Waals surface area contributed by atoms with E-state index in [1.807, 2.05) is 4.90 Å². The van der Waals surface area contributed by atoms with Crippen LogP contribution in [0.15, 0.2) is 47.7 Å². The molecule has 2 N–H and O–H groups in total. The smallest absolute Gasteiger partial charge is 0.329 e. The maximum atomic E-state index is 14.5. The lowest BCUT2D eigenvalue weighted by molar-refractivity contribution is -0.187. The first-order valence-electron chi connectivity index (χ1n) is 15.7. The Balaban J connectivity index is 1.26. The van der Waals surface area contributed by atoms with Gasteiger partial charge in [-0.05, 0) is 80.4 Å². The number of halogens is 6. The van der Waals surface area contributed by atoms with E-state index in [1.54, 1.807) is 0 Å². The molecule has 0 aromatic heterocycles. The zero-order valence-electron chi connectivity index (χ0n) is 25.1. The van der Waals surface area contributed by atoms with Crippen molar-refractivity contribution in [1.82, 2.24) is 30.5 Å². The number of likely N-dealkylation sites (tertiary alicyclic amines) is 1. The zero-order valence-corrected chi connectivity index (χ0v) is 25.1. The van der Waals surface area contributed by atoms with E-state index in [2.05, 4.69) is 29.4 Å². The number of hydrogen-bond donors (Lipinski definition) is 2. The number of nitrogens with zero attached hydrogens (tertiary/aromatic N) is 4. The molecule has 4 aliphatic heterocycles. The summed E-state index contributed by atoms with van der Waals surface area (Å²) in [5, 5.41) is -2.04. The van der Waals surface area contributed by atoms with E-state index in [9.17, 15) is 26.3 Å². The largest absolute Gasteiger partial charge is 0.418 e. The average Bonchev–Trinajstić information content (AvgIpc) is 3.51. The fourth-order valence-corrected chi connectivity index (χ4v) is 8.21. The van der Waals surface area contributed by atoms with Crippen LogP contribution in [0.25, 0.3) is 0 Å². The molecule has 238 valence electrons. The number of fused-ring (bicyclic) bond motifs is 1. The third-order valence-corrected chi connectivity index (χ3v) is 10.9. The number of allylic oxidation sites excluding steroid dienone is 1. The monoisotopic (exact) mass is 620 g/mol. The van der Waals surface area contributed by atoms with Gasteiger partial charge in [-0.3, -0.25) is 4.90 Å². The van der Waals surface area contributed by atoms with Crippen molar-refractivity contribution in [1.29, 1.82) is 0 Å². The molecular formula is C30H40B2F6N6. The maximum absolute atomic E-state index is 14.5. The standard InChI is InChI=1S/C30H40B2F6N6/c1-18-43(23-10-4-8-20(12-23)26(19-6-3-7-19)27-40-39-17-41(27)2)16-25-24(30(36,37)38)13-22(15-44(18)25)28(31,32)42-11-5-9-21(14-42)29(33,34)35/h13,15-16,19-21,23,26-27,39-40H,1,3-12,14,17H2,2H3/t20-,21?,23?,26?,27?/m0/s1. The second kappa shape index (κ2) is 11.7. The van der Waals surface area contributed by atoms with Crippen molar-refractivity contribution in [3.8, 4) is 0 Å². The van der Waals surface area contributed by atoms with Crippen molar-refractivity contribution in [2.75, 3.05) is 26.8 Å². The van der Waals surface area contributed by atoms with Crippen LogP contribution in [-0.2, 0) is 0 Å². The molecule has 0 bridgehead atoms. The number of rotatable bonds is 6. The summed E-state index contributed by atoms with van der Waals surface area (Å²) in [7, 11) is 14.9. The summed E-state index contributed by atoms with van der Waals surface area (Å²) in [5.41, 5.74) is 5.59. The molecule has 4 radical (unpaired) electrons. The van der Waals surface area contributed by atoms with Crippen molar-refractivity contribution in [3.05, 3.63) is 47.7 Å². The molecule has 6 rings (SSSR count). The van der Waals surface area contributed by atoms with E-state index in [1.165, 1.54) is 41.5 Å². The SMILES string of the molecule is [B]C([B])(C1=CN2C(=C)N(C3CCC[C@H](C(C4CCC4)C4NNCN4C)C3)C=C2C(C(F)(F)F)=C1)N1CCCC(C(F)(F)F)C1. The van der Waals surface area contributed by atoms with Gasteiger partial charge in [0, 0.05) is 25.0 Å². The van der Waals surface area contributed by atoms with Gasteiger partial charge in [0.05, 0.1) is 45.7 Å². The Morgan fingerprint density at radius 1 is 0.955 bits per heavy atom. The highest BCUT2D eigenvalue weighted by molar-refractivity contribution is 6.42. The molecule has 0 spiro atoms. The molecule has 6 nitrogen and oxygen atoms in total. The molecule has 2 saturated heterocycles. The lowest BCUT2D eigenvalue weighted by atomic mass is 9.55. The van der Waals surface area contributed by atoms with Crippen LogP contribution in [0, 0.1) is 23.7 Å². The summed E-state index contributed by atoms with van der Waals surface area (Å²) in [6.45, 7) is 4.62. The van der Waals surface area contributed by atoms with Crippen molar-refractivity contribution in [2.24, 2.45) is 23.7 Å². The number of hydrogen-bond acceptors (Lipinski definition) is 6. The Kier molecular flexibility index (Phi) is 8.54. The molecule has 4 heterocycles. The Hall–Kier alpha value is -1.89. The minimum Gasteiger partial charge on any atom is -0.329 e. The minimum atomic E-state index is -4.75. The second-order valence-electron chi connectivity index (χ2n) is 13.5. The van der Waals surface area contributed by atoms with E-state index in [-0.39, 0.29) is 42.9 Å². The topological polar surface area (TPSA) is 37.0 Å². The second-order valence-corrected chi connectivity index (χ2v) is 13.5. The summed E-state index contributed by atoms with van der Waals surface area (Å²) >= 11 is 0. The highest BCUT2D eigenvalue weighted by atomic mass is 19.4. The molecule has 4 unspecified atom stereocenters. The van der Waals surface area contributed by atoms with Crippen molar-refractivity contribution in [3.63, 3.8) is 0 Å². The number of hydrazine groups is 1. The molecule has 14 heteroatoms. The maximum Gasteiger partial charge on any atom is 0.418 e. The van der Waals surface area contributed by atoms with Gasteiger partial charge < -0.3 is 14.7 Å². The summed E-state index contributed by atoms with van der Waals surface area (Å²) in [5.74, 6) is 0.148. The molecule has 2 saturated carbocycles. The number of piperidine rings is 1. The highest BCUT2D eigenvalue weighted by Gasteiger charge is 2.49. The molecule has 4 fully saturated rings. The van der Waals surface area contributed by atoms with Crippen LogP contribution < -0.4 is 10.9 Å². The van der Waals surface area contributed by atoms with E-state index in [4.69, 9.17) is 15.7 Å². The van der Waals surface area contributed by atoms with Gasteiger partial charge in [0.2, 0.25) is 0 Å². The molecule has 2 aliphatic carbocycles. The Bertz CT molecular complexity index is 1210. The van der Waals surface area contributed by atoms with Crippen LogP contribution >= 0.6 is 0 Å². The van der Waals surface area contributed by atoms with Crippen LogP contribution in [0.5, 0.6) is 0 Å². The average molecular weight is 620 g/mol. The third-order valence-electron chi connectivity index (χ3n) is 10.9. The fourth-order valence-electron chi connectivity index (χ4n) is 8.21. The molecule has 0 aromatic rings. The zero-order chi connectivity index (χ0) is 31.6. The lowest BCUT2D eigenvalue weighted by Gasteiger charge is -2.47. The van der Waals surface area contributed by atoms with Gasteiger partial charge in [-0.2, -0.15) is 26.3 Å². The normalized spacial score (nSPS) is 32.2. The summed E-state index contributed by atoms with van der Waals surface area (Å²) in [6.07, 6.45) is 2.25. The van der Waals surface area contributed by atoms with Crippen molar-refractivity contribution in [2.45, 2.75) is 87.7 Å². The molecule has 5 atom stereocenters. The first-order chi connectivity index (χ1) is 20.7. The summed E-state index contributed by atoms with van der Waals surface area (Å²) < 4.78 is 84.2.